The standard InChI is InChI=1S/C10H17N3O6/c14-8-4-5-9(15)13(8)19-10(16)7(12-18)3-1-2-6-11-17/h7,11-12,17-18H,1-6H2. The lowest BCUT2D eigenvalue weighted by atomic mass is 10.1. The van der Waals surface area contributed by atoms with Crippen molar-refractivity contribution in [2.75, 3.05) is 6.54 Å². The van der Waals surface area contributed by atoms with Gasteiger partial charge in [0.2, 0.25) is 0 Å². The summed E-state index contributed by atoms with van der Waals surface area (Å²) >= 11 is 0. The third-order valence-electron chi connectivity index (χ3n) is 2.66. The van der Waals surface area contributed by atoms with E-state index in [4.69, 9.17) is 10.4 Å². The van der Waals surface area contributed by atoms with Gasteiger partial charge in [0.1, 0.15) is 6.04 Å². The van der Waals surface area contributed by atoms with Crippen molar-refractivity contribution in [1.82, 2.24) is 16.0 Å². The van der Waals surface area contributed by atoms with Gasteiger partial charge in [0.15, 0.2) is 0 Å². The molecule has 1 rings (SSSR count). The van der Waals surface area contributed by atoms with Gasteiger partial charge in [0.05, 0.1) is 0 Å². The topological polar surface area (TPSA) is 128 Å². The molecule has 1 atom stereocenters. The van der Waals surface area contributed by atoms with Crippen molar-refractivity contribution in [2.24, 2.45) is 0 Å². The highest BCUT2D eigenvalue weighted by atomic mass is 16.7. The van der Waals surface area contributed by atoms with Gasteiger partial charge in [-0.1, -0.05) is 0 Å². The van der Waals surface area contributed by atoms with Crippen molar-refractivity contribution in [3.8, 4) is 0 Å². The van der Waals surface area contributed by atoms with Crippen molar-refractivity contribution >= 4 is 17.8 Å². The fourth-order valence-corrected chi connectivity index (χ4v) is 1.60. The lowest BCUT2D eigenvalue weighted by Gasteiger charge is -2.17. The number of nitrogens with one attached hydrogen (secondary N) is 2. The van der Waals surface area contributed by atoms with Gasteiger partial charge in [-0.05, 0) is 19.3 Å². The summed E-state index contributed by atoms with van der Waals surface area (Å²) in [7, 11) is 0. The molecule has 0 aromatic rings. The molecule has 0 radical (unpaired) electrons. The Kier molecular flexibility index (Phi) is 6.36. The quantitative estimate of drug-likeness (QED) is 0.254. The number of hydroxylamine groups is 4. The minimum Gasteiger partial charge on any atom is -0.328 e. The van der Waals surface area contributed by atoms with E-state index in [0.29, 0.717) is 24.4 Å². The van der Waals surface area contributed by atoms with E-state index < -0.39 is 23.8 Å². The number of nitrogens with zero attached hydrogens (tertiary/aromatic N) is 1. The molecule has 0 bridgehead atoms. The van der Waals surface area contributed by atoms with Crippen LogP contribution in [0.3, 0.4) is 0 Å². The SMILES string of the molecule is O=C(ON1C(=O)CCC1=O)C(CCCCNO)NO. The molecule has 0 aromatic heterocycles. The molecule has 1 heterocycles. The third kappa shape index (κ3) is 4.56. The number of hydrogen-bond acceptors (Lipinski definition) is 8. The first-order valence-corrected chi connectivity index (χ1v) is 5.94. The maximum Gasteiger partial charge on any atom is 0.352 e. The number of carbonyl (C=O) groups is 3. The zero-order valence-corrected chi connectivity index (χ0v) is 10.3. The Morgan fingerprint density at radius 2 is 1.89 bits per heavy atom. The van der Waals surface area contributed by atoms with Crippen LogP contribution in [0.4, 0.5) is 0 Å². The van der Waals surface area contributed by atoms with Gasteiger partial charge < -0.3 is 15.3 Å². The molecular formula is C10H17N3O6. The Balaban J connectivity index is 2.40. The summed E-state index contributed by atoms with van der Waals surface area (Å²) in [4.78, 5) is 38.8. The normalized spacial score (nSPS) is 16.8. The van der Waals surface area contributed by atoms with E-state index in [9.17, 15) is 14.4 Å². The number of carbonyl (C=O) groups excluding carboxylic acids is 3. The number of imide groups is 1. The summed E-state index contributed by atoms with van der Waals surface area (Å²) in [6, 6.07) is -1.03. The first-order chi connectivity index (χ1) is 9.10. The minimum absolute atomic E-state index is 0.0193. The average molecular weight is 275 g/mol. The smallest absolute Gasteiger partial charge is 0.328 e. The molecule has 1 unspecified atom stereocenters. The maximum atomic E-state index is 11.6. The Morgan fingerprint density at radius 3 is 2.42 bits per heavy atom. The Bertz CT molecular complexity index is 332. The van der Waals surface area contributed by atoms with Gasteiger partial charge in [-0.3, -0.25) is 9.59 Å². The molecule has 19 heavy (non-hydrogen) atoms. The van der Waals surface area contributed by atoms with Gasteiger partial charge >= 0.3 is 5.97 Å². The summed E-state index contributed by atoms with van der Waals surface area (Å²) in [6.45, 7) is 0.357. The predicted molar refractivity (Wildman–Crippen MR) is 59.5 cm³/mol. The van der Waals surface area contributed by atoms with E-state index in [2.05, 4.69) is 4.84 Å². The van der Waals surface area contributed by atoms with Gasteiger partial charge in [0.25, 0.3) is 11.8 Å². The zero-order valence-electron chi connectivity index (χ0n) is 10.3. The van der Waals surface area contributed by atoms with E-state index in [1.54, 1.807) is 5.48 Å². The maximum absolute atomic E-state index is 11.6. The number of amides is 2. The van der Waals surface area contributed by atoms with Crippen LogP contribution < -0.4 is 11.0 Å². The number of hydrogen-bond donors (Lipinski definition) is 4. The summed E-state index contributed by atoms with van der Waals surface area (Å²) in [5.41, 5.74) is 3.74. The summed E-state index contributed by atoms with van der Waals surface area (Å²) < 4.78 is 0. The van der Waals surface area contributed by atoms with Crippen molar-refractivity contribution in [2.45, 2.75) is 38.1 Å². The average Bonchev–Trinajstić information content (AvgIpc) is 2.70. The van der Waals surface area contributed by atoms with Crippen molar-refractivity contribution in [3.63, 3.8) is 0 Å². The van der Waals surface area contributed by atoms with E-state index in [1.807, 2.05) is 5.48 Å². The Labute approximate surface area is 109 Å². The first kappa shape index (κ1) is 15.5. The molecule has 1 fully saturated rings. The fraction of sp³-hybridized carbons (Fsp3) is 0.700. The highest BCUT2D eigenvalue weighted by Gasteiger charge is 2.34. The van der Waals surface area contributed by atoms with Crippen LogP contribution in [0.2, 0.25) is 0 Å². The molecular weight excluding hydrogens is 258 g/mol. The summed E-state index contributed by atoms with van der Waals surface area (Å²) in [6.07, 6.45) is 1.40. The monoisotopic (exact) mass is 275 g/mol. The van der Waals surface area contributed by atoms with Crippen molar-refractivity contribution in [1.29, 1.82) is 0 Å². The predicted octanol–water partition coefficient (Wildman–Crippen LogP) is -0.910. The Morgan fingerprint density at radius 1 is 1.26 bits per heavy atom. The lowest BCUT2D eigenvalue weighted by molar-refractivity contribution is -0.200. The van der Waals surface area contributed by atoms with Crippen molar-refractivity contribution in [3.05, 3.63) is 0 Å². The number of unbranched alkanes of at least 4 members (excludes halogenated alkanes) is 1. The van der Waals surface area contributed by atoms with E-state index in [0.717, 1.165) is 0 Å². The molecule has 0 saturated carbocycles. The highest BCUT2D eigenvalue weighted by molar-refractivity contribution is 6.01. The van der Waals surface area contributed by atoms with Crippen LogP contribution >= 0.6 is 0 Å². The second-order valence-corrected chi connectivity index (χ2v) is 4.08. The van der Waals surface area contributed by atoms with E-state index in [-0.39, 0.29) is 19.3 Å². The van der Waals surface area contributed by atoms with Crippen LogP contribution in [0, 0.1) is 0 Å². The second-order valence-electron chi connectivity index (χ2n) is 4.08. The third-order valence-corrected chi connectivity index (χ3v) is 2.66. The van der Waals surface area contributed by atoms with Crippen LogP contribution in [0.25, 0.3) is 0 Å². The number of rotatable bonds is 8. The molecule has 1 saturated heterocycles. The summed E-state index contributed by atoms with van der Waals surface area (Å²) in [5, 5.41) is 17.6. The van der Waals surface area contributed by atoms with Crippen LogP contribution in [0.1, 0.15) is 32.1 Å². The van der Waals surface area contributed by atoms with Gasteiger partial charge in [0, 0.05) is 19.4 Å². The van der Waals surface area contributed by atoms with Crippen LogP contribution in [0.15, 0.2) is 0 Å². The molecule has 1 aliphatic rings. The van der Waals surface area contributed by atoms with Crippen LogP contribution in [-0.2, 0) is 19.2 Å². The lowest BCUT2D eigenvalue weighted by Crippen LogP contribution is -2.42. The van der Waals surface area contributed by atoms with Gasteiger partial charge in [-0.2, -0.15) is 5.48 Å². The van der Waals surface area contributed by atoms with E-state index >= 15 is 0 Å². The molecule has 1 aliphatic heterocycles. The zero-order chi connectivity index (χ0) is 14.3. The fourth-order valence-electron chi connectivity index (χ4n) is 1.60. The molecule has 0 aliphatic carbocycles. The first-order valence-electron chi connectivity index (χ1n) is 5.94. The van der Waals surface area contributed by atoms with E-state index in [1.165, 1.54) is 0 Å². The molecule has 9 heteroatoms. The highest BCUT2D eigenvalue weighted by Crippen LogP contribution is 2.13. The molecule has 2 amide bonds. The van der Waals surface area contributed by atoms with Gasteiger partial charge in [-0.15, -0.1) is 5.06 Å². The van der Waals surface area contributed by atoms with Gasteiger partial charge in [-0.25, -0.2) is 10.3 Å². The molecule has 108 valence electrons. The molecule has 0 aromatic carbocycles. The largest absolute Gasteiger partial charge is 0.352 e. The second kappa shape index (κ2) is 7.79. The Hall–Kier alpha value is -1.55. The molecule has 4 N–H and O–H groups in total. The van der Waals surface area contributed by atoms with Crippen LogP contribution in [-0.4, -0.2) is 45.8 Å². The van der Waals surface area contributed by atoms with Crippen molar-refractivity contribution < 1.29 is 29.6 Å². The molecule has 9 nitrogen and oxygen atoms in total. The minimum atomic E-state index is -1.03. The summed E-state index contributed by atoms with van der Waals surface area (Å²) in [5.74, 6) is -2.04. The molecule has 0 spiro atoms. The van der Waals surface area contributed by atoms with Crippen LogP contribution in [0.5, 0.6) is 0 Å².